The Hall–Kier alpha value is -1.63. The zero-order valence-corrected chi connectivity index (χ0v) is 11.9. The van der Waals surface area contributed by atoms with E-state index in [0.29, 0.717) is 4.47 Å². The molecule has 0 spiro atoms. The Labute approximate surface area is 113 Å². The Morgan fingerprint density at radius 2 is 2.06 bits per heavy atom. The Balaban J connectivity index is 2.83. The lowest BCUT2D eigenvalue weighted by molar-refractivity contribution is 0.0635. The van der Waals surface area contributed by atoms with Crippen LogP contribution in [0, 0.1) is 0 Å². The largest absolute Gasteiger partial charge is 0.444 e. The molecule has 0 radical (unpaired) electrons. The Morgan fingerprint density at radius 1 is 1.44 bits per heavy atom. The maximum absolute atomic E-state index is 11.5. The van der Waals surface area contributed by atoms with Gasteiger partial charge in [0.15, 0.2) is 0 Å². The highest BCUT2D eigenvalue weighted by molar-refractivity contribution is 9.10. The van der Waals surface area contributed by atoms with Gasteiger partial charge in [-0.05, 0) is 42.8 Å². The summed E-state index contributed by atoms with van der Waals surface area (Å²) in [6.07, 6.45) is 0.736. The van der Waals surface area contributed by atoms with E-state index < -0.39 is 17.6 Å². The third-order valence-corrected chi connectivity index (χ3v) is 2.38. The highest BCUT2D eigenvalue weighted by Crippen LogP contribution is 2.18. The number of aromatic nitrogens is 1. The van der Waals surface area contributed by atoms with E-state index in [9.17, 15) is 9.59 Å². The molecule has 1 aromatic rings. The molecule has 7 heteroatoms. The molecule has 6 nitrogen and oxygen atoms in total. The number of nitrogens with one attached hydrogen (secondary N) is 1. The van der Waals surface area contributed by atoms with E-state index in [1.54, 1.807) is 20.8 Å². The minimum atomic E-state index is -0.646. The molecule has 0 aromatic carbocycles. The molecule has 0 fully saturated rings. The summed E-state index contributed by atoms with van der Waals surface area (Å²) in [6, 6.07) is 1.37. The third kappa shape index (κ3) is 4.33. The van der Waals surface area contributed by atoms with Crippen LogP contribution in [-0.2, 0) is 4.74 Å². The molecule has 1 aromatic heterocycles. The van der Waals surface area contributed by atoms with Crippen LogP contribution < -0.4 is 11.1 Å². The van der Waals surface area contributed by atoms with Crippen LogP contribution in [0.1, 0.15) is 31.1 Å². The van der Waals surface area contributed by atoms with E-state index in [4.69, 9.17) is 10.5 Å². The molecule has 98 valence electrons. The fourth-order valence-electron chi connectivity index (χ4n) is 1.10. The molecule has 1 heterocycles. The second-order valence-electron chi connectivity index (χ2n) is 4.54. The van der Waals surface area contributed by atoms with E-state index in [2.05, 4.69) is 26.2 Å². The fourth-order valence-corrected chi connectivity index (χ4v) is 1.52. The van der Waals surface area contributed by atoms with Crippen molar-refractivity contribution in [2.24, 2.45) is 5.73 Å². The number of hydrogen-bond donors (Lipinski definition) is 2. The molecule has 0 unspecified atom stereocenters. The van der Waals surface area contributed by atoms with Gasteiger partial charge in [0, 0.05) is 10.7 Å². The maximum Gasteiger partial charge on any atom is 0.413 e. The standard InChI is InChI=1S/C11H14BrN3O3/c1-11(2,3)18-10(17)15-8-4-6(9(13)16)7(12)5-14-8/h4-5H,1-3H3,(H2,13,16)(H,14,15,17). The lowest BCUT2D eigenvalue weighted by Gasteiger charge is -2.19. The van der Waals surface area contributed by atoms with Gasteiger partial charge in [0.25, 0.3) is 0 Å². The van der Waals surface area contributed by atoms with Crippen molar-refractivity contribution in [2.75, 3.05) is 5.32 Å². The minimum absolute atomic E-state index is 0.196. The summed E-state index contributed by atoms with van der Waals surface area (Å²) in [5.74, 6) is -0.419. The zero-order chi connectivity index (χ0) is 13.9. The molecule has 18 heavy (non-hydrogen) atoms. The molecule has 0 aliphatic heterocycles. The highest BCUT2D eigenvalue weighted by atomic mass is 79.9. The van der Waals surface area contributed by atoms with Crippen molar-refractivity contribution in [1.29, 1.82) is 0 Å². The van der Waals surface area contributed by atoms with Crippen LogP contribution in [0.25, 0.3) is 0 Å². The van der Waals surface area contributed by atoms with Crippen molar-refractivity contribution in [3.05, 3.63) is 22.3 Å². The molecule has 1 rings (SSSR count). The summed E-state index contributed by atoms with van der Waals surface area (Å²) < 4.78 is 5.52. The van der Waals surface area contributed by atoms with Crippen molar-refractivity contribution in [3.8, 4) is 0 Å². The predicted octanol–water partition coefficient (Wildman–Crippen LogP) is 2.29. The number of carbonyl (C=O) groups is 2. The normalized spacial score (nSPS) is 10.9. The van der Waals surface area contributed by atoms with E-state index in [0.717, 1.165) is 0 Å². The van der Waals surface area contributed by atoms with Crippen LogP contribution in [0.15, 0.2) is 16.7 Å². The van der Waals surface area contributed by atoms with E-state index in [1.165, 1.54) is 12.3 Å². The first-order valence-electron chi connectivity index (χ1n) is 5.14. The number of nitrogens with zero attached hydrogens (tertiary/aromatic N) is 1. The van der Waals surface area contributed by atoms with Crippen LogP contribution in [0.5, 0.6) is 0 Å². The SMILES string of the molecule is CC(C)(C)OC(=O)Nc1cc(C(N)=O)c(Br)cn1. The van der Waals surface area contributed by atoms with Gasteiger partial charge in [0.2, 0.25) is 5.91 Å². The fraction of sp³-hybridized carbons (Fsp3) is 0.364. The highest BCUT2D eigenvalue weighted by Gasteiger charge is 2.17. The number of primary amides is 1. The van der Waals surface area contributed by atoms with Crippen molar-refractivity contribution < 1.29 is 14.3 Å². The monoisotopic (exact) mass is 315 g/mol. The average molecular weight is 316 g/mol. The van der Waals surface area contributed by atoms with E-state index in [-0.39, 0.29) is 11.4 Å². The molecule has 0 aliphatic carbocycles. The van der Waals surface area contributed by atoms with Crippen LogP contribution in [0.2, 0.25) is 0 Å². The lowest BCUT2D eigenvalue weighted by Crippen LogP contribution is -2.27. The number of hydrogen-bond acceptors (Lipinski definition) is 4. The number of rotatable bonds is 2. The van der Waals surface area contributed by atoms with E-state index >= 15 is 0 Å². The lowest BCUT2D eigenvalue weighted by atomic mass is 10.2. The summed E-state index contributed by atoms with van der Waals surface area (Å²) in [4.78, 5) is 26.5. The van der Waals surface area contributed by atoms with Gasteiger partial charge in [-0.3, -0.25) is 10.1 Å². The first kappa shape index (κ1) is 14.4. The van der Waals surface area contributed by atoms with E-state index in [1.807, 2.05) is 0 Å². The van der Waals surface area contributed by atoms with Crippen LogP contribution in [0.3, 0.4) is 0 Å². The number of anilines is 1. The number of nitrogens with two attached hydrogens (primary N) is 1. The molecule has 0 aliphatic rings. The molecule has 0 saturated carbocycles. The minimum Gasteiger partial charge on any atom is -0.444 e. The van der Waals surface area contributed by atoms with Crippen LogP contribution in [-0.4, -0.2) is 22.6 Å². The molecular formula is C11H14BrN3O3. The molecule has 0 bridgehead atoms. The quantitative estimate of drug-likeness (QED) is 0.875. The molecule has 0 saturated heterocycles. The smallest absolute Gasteiger partial charge is 0.413 e. The summed E-state index contributed by atoms with van der Waals surface area (Å²) >= 11 is 3.14. The van der Waals surface area contributed by atoms with Gasteiger partial charge < -0.3 is 10.5 Å². The zero-order valence-electron chi connectivity index (χ0n) is 10.3. The number of carbonyl (C=O) groups excluding carboxylic acids is 2. The molecule has 0 atom stereocenters. The van der Waals surface area contributed by atoms with Crippen LogP contribution >= 0.6 is 15.9 Å². The first-order valence-corrected chi connectivity index (χ1v) is 5.93. The van der Waals surface area contributed by atoms with Gasteiger partial charge in [0.05, 0.1) is 5.56 Å². The molecule has 2 amide bonds. The first-order chi connectivity index (χ1) is 8.19. The summed E-state index contributed by atoms with van der Waals surface area (Å²) in [5.41, 5.74) is 4.80. The average Bonchev–Trinajstić information content (AvgIpc) is 2.17. The van der Waals surface area contributed by atoms with Crippen LogP contribution in [0.4, 0.5) is 10.6 Å². The number of amides is 2. The Morgan fingerprint density at radius 3 is 2.56 bits per heavy atom. The van der Waals surface area contributed by atoms with Gasteiger partial charge in [0.1, 0.15) is 11.4 Å². The summed E-state index contributed by atoms with van der Waals surface area (Å²) in [5, 5.41) is 2.42. The number of halogens is 1. The predicted molar refractivity (Wildman–Crippen MR) is 70.3 cm³/mol. The number of ether oxygens (including phenoxy) is 1. The van der Waals surface area contributed by atoms with Crippen molar-refractivity contribution in [2.45, 2.75) is 26.4 Å². The van der Waals surface area contributed by atoms with Gasteiger partial charge in [-0.15, -0.1) is 0 Å². The van der Waals surface area contributed by atoms with Crippen molar-refractivity contribution >= 4 is 33.7 Å². The molecular weight excluding hydrogens is 302 g/mol. The number of pyridine rings is 1. The van der Waals surface area contributed by atoms with Crippen molar-refractivity contribution in [3.63, 3.8) is 0 Å². The molecule has 3 N–H and O–H groups in total. The second-order valence-corrected chi connectivity index (χ2v) is 5.39. The van der Waals surface area contributed by atoms with Gasteiger partial charge in [-0.25, -0.2) is 9.78 Å². The van der Waals surface area contributed by atoms with Gasteiger partial charge in [-0.1, -0.05) is 0 Å². The van der Waals surface area contributed by atoms with Crippen molar-refractivity contribution in [1.82, 2.24) is 4.98 Å². The Kier molecular flexibility index (Phi) is 4.28. The summed E-state index contributed by atoms with van der Waals surface area (Å²) in [6.45, 7) is 5.24. The van der Waals surface area contributed by atoms with Gasteiger partial charge >= 0.3 is 6.09 Å². The van der Waals surface area contributed by atoms with Gasteiger partial charge in [-0.2, -0.15) is 0 Å². The maximum atomic E-state index is 11.5. The topological polar surface area (TPSA) is 94.3 Å². The Bertz CT molecular complexity index is 483. The summed E-state index contributed by atoms with van der Waals surface area (Å²) in [7, 11) is 0. The third-order valence-electron chi connectivity index (χ3n) is 1.75. The second kappa shape index (κ2) is 5.34.